The molecule has 0 aliphatic carbocycles. The highest BCUT2D eigenvalue weighted by Crippen LogP contribution is 2.26. The number of hydrogen-bond acceptors (Lipinski definition) is 4. The molecular weight excluding hydrogens is 315 g/mol. The number of Topliss-reactive ketones (excluding diaryl/α,β-unsaturated/α-hetero) is 2. The molecule has 2 amide bonds. The van der Waals surface area contributed by atoms with Crippen molar-refractivity contribution in [1.29, 1.82) is 0 Å². The summed E-state index contributed by atoms with van der Waals surface area (Å²) in [5.74, 6) is 0.285. The van der Waals surface area contributed by atoms with Gasteiger partial charge in [-0.05, 0) is 33.1 Å². The molecule has 0 N–H and O–H groups in total. The number of rotatable bonds is 4. The Morgan fingerprint density at radius 3 is 2.00 bits per heavy atom. The average Bonchev–Trinajstić information content (AvgIpc) is 2.95. The normalized spacial score (nSPS) is 25.8. The van der Waals surface area contributed by atoms with Crippen LogP contribution in [0.15, 0.2) is 12.7 Å². The number of hydrogen-bond donors (Lipinski definition) is 0. The molecule has 3 atom stereocenters. The Morgan fingerprint density at radius 1 is 1.17 bits per heavy atom. The molecule has 2 heterocycles. The van der Waals surface area contributed by atoms with Crippen molar-refractivity contribution in [3.05, 3.63) is 12.7 Å². The van der Waals surface area contributed by atoms with Crippen LogP contribution in [-0.2, 0) is 19.2 Å². The third-order valence-electron chi connectivity index (χ3n) is 4.55. The molecular formula is C17H29FN2O4. The lowest BCUT2D eigenvalue weighted by Gasteiger charge is -2.15. The zero-order valence-electron chi connectivity index (χ0n) is 14.8. The Kier molecular flexibility index (Phi) is 8.50. The first kappa shape index (κ1) is 21.9. The molecule has 0 bridgehead atoms. The molecule has 0 aromatic heterocycles. The van der Waals surface area contributed by atoms with Gasteiger partial charge < -0.3 is 9.80 Å². The molecule has 138 valence electrons. The highest BCUT2D eigenvalue weighted by atomic mass is 19.0. The topological polar surface area (TPSA) is 74.8 Å². The molecule has 0 radical (unpaired) electrons. The van der Waals surface area contributed by atoms with E-state index in [1.165, 1.54) is 18.7 Å². The molecule has 0 spiro atoms. The lowest BCUT2D eigenvalue weighted by Crippen LogP contribution is -2.34. The molecule has 24 heavy (non-hydrogen) atoms. The van der Waals surface area contributed by atoms with Gasteiger partial charge in [0.1, 0.15) is 0 Å². The molecule has 1 unspecified atom stereocenters. The predicted molar refractivity (Wildman–Crippen MR) is 91.3 cm³/mol. The number of carbonyl (C=O) groups excluding carboxylic acids is 4. The number of nitrogens with zero attached hydrogens (tertiary/aromatic N) is 2. The van der Waals surface area contributed by atoms with Crippen LogP contribution in [0.3, 0.4) is 0 Å². The minimum Gasteiger partial charge on any atom is -0.336 e. The second-order valence-corrected chi connectivity index (χ2v) is 6.20. The van der Waals surface area contributed by atoms with Gasteiger partial charge in [0.15, 0.2) is 11.6 Å². The van der Waals surface area contributed by atoms with Crippen molar-refractivity contribution < 1.29 is 25.3 Å². The van der Waals surface area contributed by atoms with Gasteiger partial charge in [0.05, 0.1) is 12.1 Å². The van der Waals surface area contributed by atoms with E-state index in [1.807, 2.05) is 0 Å². The summed E-state index contributed by atoms with van der Waals surface area (Å²) in [4.78, 5) is 47.4. The van der Waals surface area contributed by atoms with Crippen LogP contribution in [0.4, 0.5) is 4.70 Å². The summed E-state index contributed by atoms with van der Waals surface area (Å²) < 4.78 is 0. The summed E-state index contributed by atoms with van der Waals surface area (Å²) in [5, 5.41) is 0. The smallest absolute Gasteiger partial charge is 0.226 e. The van der Waals surface area contributed by atoms with Gasteiger partial charge in [-0.3, -0.25) is 23.9 Å². The Labute approximate surface area is 143 Å². The summed E-state index contributed by atoms with van der Waals surface area (Å²) in [6.07, 6.45) is 4.29. The summed E-state index contributed by atoms with van der Waals surface area (Å²) in [5.41, 5.74) is 0. The highest BCUT2D eigenvalue weighted by molar-refractivity contribution is 5.92. The van der Waals surface area contributed by atoms with E-state index >= 15 is 0 Å². The Morgan fingerprint density at radius 2 is 1.71 bits per heavy atom. The molecule has 2 saturated heterocycles. The maximum absolute atomic E-state index is 11.5. The van der Waals surface area contributed by atoms with E-state index in [1.54, 1.807) is 25.1 Å². The summed E-state index contributed by atoms with van der Waals surface area (Å²) >= 11 is 0. The predicted octanol–water partition coefficient (Wildman–Crippen LogP) is 1.59. The van der Waals surface area contributed by atoms with E-state index in [2.05, 4.69) is 6.58 Å². The van der Waals surface area contributed by atoms with Crippen LogP contribution in [0.5, 0.6) is 0 Å². The van der Waals surface area contributed by atoms with Crippen LogP contribution in [-0.4, -0.2) is 59.4 Å². The fraction of sp³-hybridized carbons (Fsp3) is 0.647. The van der Waals surface area contributed by atoms with Gasteiger partial charge in [-0.15, -0.1) is 6.58 Å². The number of amides is 2. The van der Waals surface area contributed by atoms with Gasteiger partial charge in [0, 0.05) is 27.9 Å². The maximum Gasteiger partial charge on any atom is 0.226 e. The van der Waals surface area contributed by atoms with Crippen molar-refractivity contribution >= 4 is 23.4 Å². The molecule has 0 aromatic carbocycles. The summed E-state index contributed by atoms with van der Waals surface area (Å²) in [7, 11) is 3.37. The van der Waals surface area contributed by atoms with E-state index < -0.39 is 0 Å². The number of likely N-dealkylation sites (tertiary alicyclic amines) is 2. The van der Waals surface area contributed by atoms with Gasteiger partial charge in [0.25, 0.3) is 0 Å². The Bertz CT molecular complexity index is 527. The van der Waals surface area contributed by atoms with Gasteiger partial charge in [-0.1, -0.05) is 6.08 Å². The van der Waals surface area contributed by atoms with E-state index in [0.717, 1.165) is 0 Å². The van der Waals surface area contributed by atoms with Crippen LogP contribution < -0.4 is 0 Å². The molecule has 2 rings (SSSR count). The van der Waals surface area contributed by atoms with Gasteiger partial charge in [-0.2, -0.15) is 0 Å². The van der Waals surface area contributed by atoms with Gasteiger partial charge in [-0.25, -0.2) is 0 Å². The van der Waals surface area contributed by atoms with Gasteiger partial charge in [0.2, 0.25) is 11.8 Å². The lowest BCUT2D eigenvalue weighted by molar-refractivity contribution is -0.134. The van der Waals surface area contributed by atoms with Crippen molar-refractivity contribution in [3.63, 3.8) is 0 Å². The monoisotopic (exact) mass is 346 g/mol. The second kappa shape index (κ2) is 9.30. The number of allylic oxidation sites excluding steroid dienone is 1. The largest absolute Gasteiger partial charge is 0.336 e. The van der Waals surface area contributed by atoms with Crippen LogP contribution in [0.1, 0.15) is 41.0 Å². The standard InChI is InChI=1S/C10H15NO2.C7H11NO2.FH.H2/c1-4-5-8-6-9(7(2)12)11(3)10(8)13;1-5(9)6-3-4-7(10)8(6)2;;/h4,8-9H,1,5-6H2,2-3H3;6H,3-4H2,1-2H3;2*1H/t8?,9-;6-;;/m00../s1/i;;;1+2. The van der Waals surface area contributed by atoms with E-state index in [-0.39, 0.29) is 47.5 Å². The second-order valence-electron chi connectivity index (χ2n) is 6.20. The molecule has 7 heteroatoms. The third-order valence-corrected chi connectivity index (χ3v) is 4.55. The number of carbonyl (C=O) groups is 4. The minimum absolute atomic E-state index is 0. The minimum atomic E-state index is -0.211. The van der Waals surface area contributed by atoms with Crippen LogP contribution in [0, 0.1) is 5.92 Å². The summed E-state index contributed by atoms with van der Waals surface area (Å²) in [6, 6.07) is -0.357. The fourth-order valence-corrected chi connectivity index (χ4v) is 3.09. The van der Waals surface area contributed by atoms with E-state index in [9.17, 15) is 19.2 Å². The Balaban J connectivity index is 0. The first-order valence-electron chi connectivity index (χ1n) is 7.84. The third kappa shape index (κ3) is 4.97. The molecule has 0 aromatic rings. The van der Waals surface area contributed by atoms with Gasteiger partial charge >= 0.3 is 0 Å². The first-order chi connectivity index (χ1) is 10.7. The zero-order chi connectivity index (χ0) is 17.7. The van der Waals surface area contributed by atoms with E-state index in [4.69, 9.17) is 0 Å². The van der Waals surface area contributed by atoms with Crippen LogP contribution >= 0.6 is 0 Å². The van der Waals surface area contributed by atoms with Crippen molar-refractivity contribution in [3.8, 4) is 0 Å². The molecule has 2 fully saturated rings. The molecule has 2 aliphatic rings. The number of halogens is 1. The van der Waals surface area contributed by atoms with Crippen LogP contribution in [0.25, 0.3) is 0 Å². The summed E-state index contributed by atoms with van der Waals surface area (Å²) in [6.45, 7) is 6.66. The fourth-order valence-electron chi connectivity index (χ4n) is 3.09. The van der Waals surface area contributed by atoms with Crippen molar-refractivity contribution in [2.75, 3.05) is 14.1 Å². The van der Waals surface area contributed by atoms with Crippen molar-refractivity contribution in [1.82, 2.24) is 9.80 Å². The van der Waals surface area contributed by atoms with E-state index in [0.29, 0.717) is 25.7 Å². The number of ketones is 2. The zero-order valence-corrected chi connectivity index (χ0v) is 14.8. The van der Waals surface area contributed by atoms with Crippen LogP contribution in [0.2, 0.25) is 0 Å². The average molecular weight is 346 g/mol. The maximum atomic E-state index is 11.5. The lowest BCUT2D eigenvalue weighted by atomic mass is 10.00. The Hall–Kier alpha value is -2.05. The quantitative estimate of drug-likeness (QED) is 0.725. The van der Waals surface area contributed by atoms with Crippen molar-refractivity contribution in [2.24, 2.45) is 5.92 Å². The highest BCUT2D eigenvalue weighted by Gasteiger charge is 2.38. The first-order valence-corrected chi connectivity index (χ1v) is 7.84. The van der Waals surface area contributed by atoms with Crippen molar-refractivity contribution in [2.45, 2.75) is 51.6 Å². The SMILES string of the molecule is C=CCC1C[C@@H](C(C)=O)N(C)C1=O.CC(=O)[C@@H]1CCC(=O)N1C.F.[3HH]. The molecule has 2 aliphatic heterocycles. The number of likely N-dealkylation sites (N-methyl/N-ethyl adjacent to an activating group) is 2. The molecule has 6 nitrogen and oxygen atoms in total. The molecule has 0 saturated carbocycles.